The van der Waals surface area contributed by atoms with Crippen LogP contribution < -0.4 is 0 Å². The highest BCUT2D eigenvalue weighted by atomic mass is 35.5. The van der Waals surface area contributed by atoms with Crippen LogP contribution in [0.5, 0.6) is 0 Å². The maximum Gasteiger partial charge on any atom is 0.416 e. The summed E-state index contributed by atoms with van der Waals surface area (Å²) in [6.45, 7) is 1.76. The highest BCUT2D eigenvalue weighted by molar-refractivity contribution is 6.38. The van der Waals surface area contributed by atoms with Crippen LogP contribution in [0.4, 0.5) is 13.2 Å². The summed E-state index contributed by atoms with van der Waals surface area (Å²) < 4.78 is 39.1. The lowest BCUT2D eigenvalue weighted by Crippen LogP contribution is -2.11. The molecule has 1 heterocycles. The van der Waals surface area contributed by atoms with Crippen LogP contribution in [0.25, 0.3) is 5.69 Å². The van der Waals surface area contributed by atoms with Crippen molar-refractivity contribution in [1.82, 2.24) is 9.78 Å². The lowest BCUT2D eigenvalue weighted by Gasteiger charge is -2.13. The fourth-order valence-electron chi connectivity index (χ4n) is 1.86. The molecule has 4 nitrogen and oxygen atoms in total. The van der Waals surface area contributed by atoms with Crippen molar-refractivity contribution in [2.24, 2.45) is 0 Å². The van der Waals surface area contributed by atoms with E-state index in [1.165, 1.54) is 6.07 Å². The Kier molecular flexibility index (Phi) is 4.39. The summed E-state index contributed by atoms with van der Waals surface area (Å²) in [6, 6.07) is 2.68. The first-order valence-electron chi connectivity index (χ1n) is 6.04. The smallest absolute Gasteiger partial charge is 0.416 e. The Balaban J connectivity index is 2.68. The molecular formula is C13H9Cl2F3N2O2. The second kappa shape index (κ2) is 5.81. The first-order chi connectivity index (χ1) is 10.1. The number of aryl methyl sites for hydroxylation is 1. The van der Waals surface area contributed by atoms with Gasteiger partial charge in [0.25, 0.3) is 0 Å². The maximum absolute atomic E-state index is 12.7. The number of halogens is 5. The first-order valence-corrected chi connectivity index (χ1v) is 6.79. The molecule has 0 spiro atoms. The Morgan fingerprint density at radius 2 is 1.82 bits per heavy atom. The summed E-state index contributed by atoms with van der Waals surface area (Å²) in [5, 5.41) is 12.5. The summed E-state index contributed by atoms with van der Waals surface area (Å²) in [5.74, 6) is -1.29. The zero-order valence-electron chi connectivity index (χ0n) is 11.1. The summed E-state index contributed by atoms with van der Waals surface area (Å²) >= 11 is 11.7. The molecule has 0 bridgehead atoms. The largest absolute Gasteiger partial charge is 0.477 e. The number of hydrogen-bond acceptors (Lipinski definition) is 2. The van der Waals surface area contributed by atoms with Gasteiger partial charge in [0.2, 0.25) is 0 Å². The lowest BCUT2D eigenvalue weighted by atomic mass is 10.2. The second-order valence-electron chi connectivity index (χ2n) is 4.38. The molecule has 0 aliphatic carbocycles. The lowest BCUT2D eigenvalue weighted by molar-refractivity contribution is -0.137. The van der Waals surface area contributed by atoms with Gasteiger partial charge in [-0.25, -0.2) is 9.48 Å². The number of hydrogen-bond donors (Lipinski definition) is 1. The molecule has 1 N–H and O–H groups in total. The molecule has 0 unspecified atom stereocenters. The molecule has 0 atom stereocenters. The second-order valence-corrected chi connectivity index (χ2v) is 5.19. The summed E-state index contributed by atoms with van der Waals surface area (Å²) in [6.07, 6.45) is -4.16. The van der Waals surface area contributed by atoms with Crippen molar-refractivity contribution >= 4 is 29.2 Å². The van der Waals surface area contributed by atoms with E-state index in [1.54, 1.807) is 6.92 Å². The number of nitrogens with zero attached hydrogens (tertiary/aromatic N) is 2. The Hall–Kier alpha value is -1.73. The third kappa shape index (κ3) is 3.05. The van der Waals surface area contributed by atoms with Crippen molar-refractivity contribution < 1.29 is 23.1 Å². The fourth-order valence-corrected chi connectivity index (χ4v) is 2.50. The first kappa shape index (κ1) is 16.6. The third-order valence-electron chi connectivity index (χ3n) is 2.90. The number of aromatic carboxylic acids is 1. The van der Waals surface area contributed by atoms with Crippen LogP contribution >= 0.6 is 23.2 Å². The standard InChI is InChI=1S/C13H9Cl2F3N2O2/c1-2-7-5-10(12(21)22)20(19-7)11-8(14)3-6(4-9(11)15)13(16,17)18/h3-5H,2H2,1H3,(H,21,22). The van der Waals surface area contributed by atoms with Crippen molar-refractivity contribution in [3.05, 3.63) is 45.2 Å². The number of alkyl halides is 3. The van der Waals surface area contributed by atoms with Gasteiger partial charge in [-0.05, 0) is 24.6 Å². The predicted octanol–water partition coefficient (Wildman–Crippen LogP) is 4.46. The Labute approximate surface area is 133 Å². The zero-order valence-corrected chi connectivity index (χ0v) is 12.6. The Morgan fingerprint density at radius 3 is 2.23 bits per heavy atom. The molecule has 0 saturated heterocycles. The Bertz CT molecular complexity index is 718. The molecule has 0 fully saturated rings. The molecule has 22 heavy (non-hydrogen) atoms. The SMILES string of the molecule is CCc1cc(C(=O)O)n(-c2c(Cl)cc(C(F)(F)F)cc2Cl)n1. The topological polar surface area (TPSA) is 55.1 Å². The van der Waals surface area contributed by atoms with E-state index < -0.39 is 17.7 Å². The number of carboxylic acids is 1. The minimum absolute atomic E-state index is 0.103. The number of benzene rings is 1. The van der Waals surface area contributed by atoms with Gasteiger partial charge < -0.3 is 5.11 Å². The Morgan fingerprint density at radius 1 is 1.27 bits per heavy atom. The third-order valence-corrected chi connectivity index (χ3v) is 3.47. The number of carboxylic acid groups (broad SMARTS) is 1. The minimum Gasteiger partial charge on any atom is -0.477 e. The average Bonchev–Trinajstić information content (AvgIpc) is 2.81. The molecule has 1 aromatic carbocycles. The molecule has 0 amide bonds. The van der Waals surface area contributed by atoms with E-state index in [-0.39, 0.29) is 21.4 Å². The minimum atomic E-state index is -4.61. The van der Waals surface area contributed by atoms with Crippen molar-refractivity contribution in [3.63, 3.8) is 0 Å². The average molecular weight is 353 g/mol. The molecule has 0 aliphatic heterocycles. The highest BCUT2D eigenvalue weighted by Crippen LogP contribution is 2.37. The molecule has 0 aliphatic rings. The highest BCUT2D eigenvalue weighted by Gasteiger charge is 2.32. The van der Waals surface area contributed by atoms with Gasteiger partial charge in [-0.2, -0.15) is 18.3 Å². The van der Waals surface area contributed by atoms with Crippen molar-refractivity contribution in [3.8, 4) is 5.69 Å². The van der Waals surface area contributed by atoms with E-state index in [4.69, 9.17) is 23.2 Å². The predicted molar refractivity (Wildman–Crippen MR) is 74.9 cm³/mol. The zero-order chi connectivity index (χ0) is 16.7. The van der Waals surface area contributed by atoms with E-state index >= 15 is 0 Å². The number of aromatic nitrogens is 2. The fraction of sp³-hybridized carbons (Fsp3) is 0.231. The molecule has 0 saturated carbocycles. The summed E-state index contributed by atoms with van der Waals surface area (Å²) in [7, 11) is 0. The van der Waals surface area contributed by atoms with Gasteiger partial charge in [-0.3, -0.25) is 0 Å². The van der Waals surface area contributed by atoms with Gasteiger partial charge in [-0.15, -0.1) is 0 Å². The van der Waals surface area contributed by atoms with Gasteiger partial charge in [0.05, 0.1) is 21.3 Å². The van der Waals surface area contributed by atoms with Crippen LogP contribution in [-0.2, 0) is 12.6 Å². The van der Waals surface area contributed by atoms with Gasteiger partial charge >= 0.3 is 12.1 Å². The number of carbonyl (C=O) groups is 1. The molecule has 2 aromatic rings. The van der Waals surface area contributed by atoms with Crippen LogP contribution in [-0.4, -0.2) is 20.9 Å². The monoisotopic (exact) mass is 352 g/mol. The summed E-state index contributed by atoms with van der Waals surface area (Å²) in [4.78, 5) is 11.2. The maximum atomic E-state index is 12.7. The molecule has 1 aromatic heterocycles. The van der Waals surface area contributed by atoms with E-state index in [0.717, 1.165) is 4.68 Å². The van der Waals surface area contributed by atoms with Crippen molar-refractivity contribution in [1.29, 1.82) is 0 Å². The molecule has 118 valence electrons. The van der Waals surface area contributed by atoms with E-state index in [9.17, 15) is 23.1 Å². The van der Waals surface area contributed by atoms with Gasteiger partial charge in [-0.1, -0.05) is 30.1 Å². The quantitative estimate of drug-likeness (QED) is 0.887. The molecule has 9 heteroatoms. The van der Waals surface area contributed by atoms with Crippen LogP contribution in [0.1, 0.15) is 28.7 Å². The van der Waals surface area contributed by atoms with Crippen LogP contribution in [0.2, 0.25) is 10.0 Å². The van der Waals surface area contributed by atoms with Gasteiger partial charge in [0.1, 0.15) is 5.69 Å². The van der Waals surface area contributed by atoms with Crippen LogP contribution in [0.15, 0.2) is 18.2 Å². The molecule has 0 radical (unpaired) electrons. The normalized spacial score (nSPS) is 11.7. The van der Waals surface area contributed by atoms with Crippen LogP contribution in [0.3, 0.4) is 0 Å². The van der Waals surface area contributed by atoms with E-state index in [2.05, 4.69) is 5.10 Å². The van der Waals surface area contributed by atoms with Crippen molar-refractivity contribution in [2.45, 2.75) is 19.5 Å². The summed E-state index contributed by atoms with van der Waals surface area (Å²) in [5.41, 5.74) is -0.913. The van der Waals surface area contributed by atoms with E-state index in [1.807, 2.05) is 0 Å². The van der Waals surface area contributed by atoms with Gasteiger partial charge in [0.15, 0.2) is 5.69 Å². The van der Waals surface area contributed by atoms with Gasteiger partial charge in [0, 0.05) is 0 Å². The van der Waals surface area contributed by atoms with E-state index in [0.29, 0.717) is 24.2 Å². The van der Waals surface area contributed by atoms with Crippen molar-refractivity contribution in [2.75, 3.05) is 0 Å². The number of rotatable bonds is 3. The molecule has 2 rings (SSSR count). The molecular weight excluding hydrogens is 344 g/mol. The van der Waals surface area contributed by atoms with Crippen LogP contribution in [0, 0.1) is 0 Å².